The van der Waals surface area contributed by atoms with Gasteiger partial charge in [-0.25, -0.2) is 0 Å². The maximum Gasteiger partial charge on any atom is 0.149 e. The zero-order valence-electron chi connectivity index (χ0n) is 14.9. The van der Waals surface area contributed by atoms with Crippen molar-refractivity contribution in [3.8, 4) is 0 Å². The lowest BCUT2D eigenvalue weighted by atomic mass is 10.2. The molecule has 0 fully saturated rings. The number of aliphatic hydroxyl groups is 1. The first-order valence-electron chi connectivity index (χ1n) is 8.91. The molecule has 7 heteroatoms. The first kappa shape index (κ1) is 17.1. The molecule has 2 N–H and O–H groups in total. The van der Waals surface area contributed by atoms with Gasteiger partial charge in [0, 0.05) is 30.8 Å². The number of aryl methyl sites for hydroxylation is 2. The van der Waals surface area contributed by atoms with Gasteiger partial charge in [-0.3, -0.25) is 4.68 Å². The van der Waals surface area contributed by atoms with E-state index in [1.807, 2.05) is 11.6 Å². The summed E-state index contributed by atoms with van der Waals surface area (Å²) in [5, 5.41) is 26.0. The summed E-state index contributed by atoms with van der Waals surface area (Å²) < 4.78 is 4.17. The highest BCUT2D eigenvalue weighted by atomic mass is 16.3. The average molecular weight is 332 g/mol. The van der Waals surface area contributed by atoms with Crippen molar-refractivity contribution in [1.29, 1.82) is 0 Å². The van der Waals surface area contributed by atoms with Crippen LogP contribution in [0.1, 0.15) is 60.8 Å². The molecule has 3 heterocycles. The second kappa shape index (κ2) is 7.44. The van der Waals surface area contributed by atoms with Crippen LogP contribution in [0, 0.1) is 13.8 Å². The molecule has 1 aliphatic heterocycles. The predicted octanol–water partition coefficient (Wildman–Crippen LogP) is 1.66. The normalized spacial score (nSPS) is 16.0. The molecule has 0 radical (unpaired) electrons. The zero-order valence-corrected chi connectivity index (χ0v) is 14.9. The van der Waals surface area contributed by atoms with Gasteiger partial charge in [0.1, 0.15) is 11.6 Å². The van der Waals surface area contributed by atoms with E-state index in [1.54, 1.807) is 0 Å². The van der Waals surface area contributed by atoms with Crippen LogP contribution in [0.15, 0.2) is 0 Å². The molecule has 0 amide bonds. The van der Waals surface area contributed by atoms with Crippen LogP contribution in [0.4, 0.5) is 0 Å². The molecule has 0 aliphatic carbocycles. The van der Waals surface area contributed by atoms with Crippen LogP contribution in [0.2, 0.25) is 0 Å². The summed E-state index contributed by atoms with van der Waals surface area (Å²) in [6.07, 6.45) is 4.72. The molecule has 24 heavy (non-hydrogen) atoms. The highest BCUT2D eigenvalue weighted by Gasteiger charge is 2.20. The largest absolute Gasteiger partial charge is 0.394 e. The van der Waals surface area contributed by atoms with Crippen molar-refractivity contribution in [2.75, 3.05) is 6.61 Å². The summed E-state index contributed by atoms with van der Waals surface area (Å²) >= 11 is 0. The summed E-state index contributed by atoms with van der Waals surface area (Å²) in [5.74, 6) is 2.16. The number of nitrogens with one attached hydrogen (secondary N) is 1. The molecular formula is C17H28N6O. The molecule has 0 spiro atoms. The van der Waals surface area contributed by atoms with Crippen LogP contribution in [-0.2, 0) is 26.1 Å². The second-order valence-corrected chi connectivity index (χ2v) is 6.64. The van der Waals surface area contributed by atoms with Crippen molar-refractivity contribution in [1.82, 2.24) is 29.9 Å². The molecule has 2 aromatic heterocycles. The Morgan fingerprint density at radius 3 is 2.83 bits per heavy atom. The lowest BCUT2D eigenvalue weighted by Crippen LogP contribution is -2.23. The fraction of sp³-hybridized carbons (Fsp3) is 0.706. The van der Waals surface area contributed by atoms with Crippen LogP contribution >= 0.6 is 0 Å². The van der Waals surface area contributed by atoms with E-state index >= 15 is 0 Å². The monoisotopic (exact) mass is 332 g/mol. The lowest BCUT2D eigenvalue weighted by Gasteiger charge is -2.15. The van der Waals surface area contributed by atoms with Crippen molar-refractivity contribution < 1.29 is 5.11 Å². The molecule has 2 aromatic rings. The minimum absolute atomic E-state index is 0.108. The predicted molar refractivity (Wildman–Crippen MR) is 91.6 cm³/mol. The van der Waals surface area contributed by atoms with Crippen LogP contribution in [-0.4, -0.2) is 36.3 Å². The highest BCUT2D eigenvalue weighted by Crippen LogP contribution is 2.20. The van der Waals surface area contributed by atoms with Crippen molar-refractivity contribution in [3.05, 3.63) is 28.6 Å². The van der Waals surface area contributed by atoms with E-state index in [0.29, 0.717) is 6.54 Å². The third kappa shape index (κ3) is 3.37. The van der Waals surface area contributed by atoms with Gasteiger partial charge in [0.2, 0.25) is 0 Å². The summed E-state index contributed by atoms with van der Waals surface area (Å²) in [4.78, 5) is 0. The summed E-state index contributed by atoms with van der Waals surface area (Å²) in [6.45, 7) is 8.64. The van der Waals surface area contributed by atoms with Gasteiger partial charge in [-0.15, -0.1) is 10.2 Å². The Morgan fingerprint density at radius 2 is 2.04 bits per heavy atom. The Labute approximate surface area is 143 Å². The number of fused-ring (bicyclic) bond motifs is 1. The maximum absolute atomic E-state index is 9.13. The fourth-order valence-electron chi connectivity index (χ4n) is 3.48. The van der Waals surface area contributed by atoms with Crippen LogP contribution < -0.4 is 5.32 Å². The highest BCUT2D eigenvalue weighted by molar-refractivity contribution is 5.24. The Bertz CT molecular complexity index is 690. The van der Waals surface area contributed by atoms with Crippen molar-refractivity contribution in [2.45, 2.75) is 72.1 Å². The van der Waals surface area contributed by atoms with Crippen molar-refractivity contribution in [3.63, 3.8) is 0 Å². The molecule has 0 bridgehead atoms. The molecule has 1 aliphatic rings. The van der Waals surface area contributed by atoms with Crippen molar-refractivity contribution in [2.24, 2.45) is 0 Å². The quantitative estimate of drug-likeness (QED) is 0.841. The minimum atomic E-state index is 0.108. The molecule has 0 unspecified atom stereocenters. The molecule has 132 valence electrons. The van der Waals surface area contributed by atoms with E-state index in [4.69, 9.17) is 5.11 Å². The Balaban J connectivity index is 1.70. The van der Waals surface area contributed by atoms with E-state index in [-0.39, 0.29) is 12.6 Å². The van der Waals surface area contributed by atoms with Gasteiger partial charge in [0.25, 0.3) is 0 Å². The molecule has 1 atom stereocenters. The van der Waals surface area contributed by atoms with Gasteiger partial charge >= 0.3 is 0 Å². The Morgan fingerprint density at radius 1 is 1.21 bits per heavy atom. The van der Waals surface area contributed by atoms with E-state index < -0.39 is 0 Å². The third-order valence-corrected chi connectivity index (χ3v) is 4.95. The van der Waals surface area contributed by atoms with Gasteiger partial charge in [-0.1, -0.05) is 6.42 Å². The van der Waals surface area contributed by atoms with E-state index in [1.165, 1.54) is 24.8 Å². The lowest BCUT2D eigenvalue weighted by molar-refractivity contribution is 0.267. The minimum Gasteiger partial charge on any atom is -0.394 e. The third-order valence-electron chi connectivity index (χ3n) is 4.95. The van der Waals surface area contributed by atoms with Crippen LogP contribution in [0.3, 0.4) is 0 Å². The van der Waals surface area contributed by atoms with Gasteiger partial charge < -0.3 is 15.0 Å². The first-order chi connectivity index (χ1) is 11.6. The van der Waals surface area contributed by atoms with E-state index in [2.05, 4.69) is 39.0 Å². The standard InChI is InChI=1S/C17H28N6O/c1-12-15(14(3)23(21-12)9-10-24)11-18-13(2)17-20-19-16-7-5-4-6-8-22(16)17/h13,18,24H,4-11H2,1-3H3/t13-/m1/s1. The number of rotatable bonds is 6. The number of aromatic nitrogens is 5. The van der Waals surface area contributed by atoms with Gasteiger partial charge in [-0.05, 0) is 33.6 Å². The Kier molecular flexibility index (Phi) is 5.30. The van der Waals surface area contributed by atoms with Gasteiger partial charge in [-0.2, -0.15) is 5.10 Å². The maximum atomic E-state index is 9.13. The number of hydrogen-bond acceptors (Lipinski definition) is 5. The molecule has 0 saturated carbocycles. The number of hydrogen-bond donors (Lipinski definition) is 2. The molecule has 0 aromatic carbocycles. The number of nitrogens with zero attached hydrogens (tertiary/aromatic N) is 5. The molecular weight excluding hydrogens is 304 g/mol. The SMILES string of the molecule is Cc1nn(CCO)c(C)c1CN[C@H](C)c1nnc2n1CCCCC2. The zero-order chi connectivity index (χ0) is 17.1. The van der Waals surface area contributed by atoms with Gasteiger partial charge in [0.15, 0.2) is 0 Å². The second-order valence-electron chi connectivity index (χ2n) is 6.64. The molecule has 7 nitrogen and oxygen atoms in total. The molecule has 3 rings (SSSR count). The Hall–Kier alpha value is -1.73. The fourth-order valence-corrected chi connectivity index (χ4v) is 3.48. The summed E-state index contributed by atoms with van der Waals surface area (Å²) in [6, 6.07) is 0.143. The summed E-state index contributed by atoms with van der Waals surface area (Å²) in [7, 11) is 0. The first-order valence-corrected chi connectivity index (χ1v) is 8.91. The summed E-state index contributed by atoms with van der Waals surface area (Å²) in [5.41, 5.74) is 3.33. The van der Waals surface area contributed by atoms with Crippen LogP contribution in [0.5, 0.6) is 0 Å². The van der Waals surface area contributed by atoms with E-state index in [0.717, 1.165) is 42.5 Å². The van der Waals surface area contributed by atoms with E-state index in [9.17, 15) is 0 Å². The smallest absolute Gasteiger partial charge is 0.149 e. The van der Waals surface area contributed by atoms with Crippen molar-refractivity contribution >= 4 is 0 Å². The number of aliphatic hydroxyl groups excluding tert-OH is 1. The average Bonchev–Trinajstić information content (AvgIpc) is 2.98. The topological polar surface area (TPSA) is 80.8 Å². The van der Waals surface area contributed by atoms with Gasteiger partial charge in [0.05, 0.1) is 24.9 Å². The molecule has 0 saturated heterocycles. The van der Waals surface area contributed by atoms with Crippen LogP contribution in [0.25, 0.3) is 0 Å².